The van der Waals surface area contributed by atoms with Crippen LogP contribution in [0.4, 0.5) is 0 Å². The van der Waals surface area contributed by atoms with Gasteiger partial charge in [0.2, 0.25) is 0 Å². The molecule has 0 amide bonds. The zero-order valence-electron chi connectivity index (χ0n) is 5.26. The molecule has 3 rings (SSSR count). The summed E-state index contributed by atoms with van der Waals surface area (Å²) in [6.07, 6.45) is 4.02. The second-order valence-corrected chi connectivity index (χ2v) is 3.40. The maximum atomic E-state index is 10.6. The monoisotopic (exact) mass is 126 g/mol. The third-order valence-electron chi connectivity index (χ3n) is 2.84. The summed E-state index contributed by atoms with van der Waals surface area (Å²) in [6.45, 7) is 0. The number of carboxylic acid groups (broad SMARTS) is 1. The highest BCUT2D eigenvalue weighted by atomic mass is 16.4. The van der Waals surface area contributed by atoms with Crippen molar-refractivity contribution < 1.29 is 9.90 Å². The predicted octanol–water partition coefficient (Wildman–Crippen LogP) is 1.26. The van der Waals surface area contributed by atoms with Crippen LogP contribution >= 0.6 is 0 Å². The maximum Gasteiger partial charge on any atom is 0.309 e. The number of carbonyl (C=O) groups is 1. The highest BCUT2D eigenvalue weighted by Crippen LogP contribution is 2.58. The Morgan fingerprint density at radius 2 is 2.22 bits per heavy atom. The SMILES string of the molecule is O=C(O)C12CCC(C1)C2. The molecule has 0 spiro atoms. The summed E-state index contributed by atoms with van der Waals surface area (Å²) < 4.78 is 0. The first kappa shape index (κ1) is 5.27. The van der Waals surface area contributed by atoms with Crippen LogP contribution in [0.5, 0.6) is 0 Å². The van der Waals surface area contributed by atoms with E-state index in [1.807, 2.05) is 0 Å². The molecule has 3 saturated carbocycles. The van der Waals surface area contributed by atoms with Crippen LogP contribution in [0.2, 0.25) is 0 Å². The van der Waals surface area contributed by atoms with Gasteiger partial charge in [-0.15, -0.1) is 0 Å². The number of fused-ring (bicyclic) bond motifs is 1. The Hall–Kier alpha value is -0.530. The summed E-state index contributed by atoms with van der Waals surface area (Å²) in [7, 11) is 0. The van der Waals surface area contributed by atoms with Gasteiger partial charge < -0.3 is 5.11 Å². The van der Waals surface area contributed by atoms with Crippen LogP contribution < -0.4 is 0 Å². The minimum atomic E-state index is -0.559. The van der Waals surface area contributed by atoms with Crippen molar-refractivity contribution in [3.63, 3.8) is 0 Å². The fraction of sp³-hybridized carbons (Fsp3) is 0.857. The Bertz CT molecular complexity index is 151. The lowest BCUT2D eigenvalue weighted by Crippen LogP contribution is -2.35. The van der Waals surface area contributed by atoms with Gasteiger partial charge in [0.1, 0.15) is 0 Å². The molecule has 2 heteroatoms. The number of hydrogen-bond acceptors (Lipinski definition) is 1. The summed E-state index contributed by atoms with van der Waals surface area (Å²) in [5.74, 6) is 0.206. The lowest BCUT2D eigenvalue weighted by Gasteiger charge is -2.33. The molecule has 50 valence electrons. The van der Waals surface area contributed by atoms with Crippen molar-refractivity contribution in [1.29, 1.82) is 0 Å². The van der Waals surface area contributed by atoms with E-state index in [9.17, 15) is 4.79 Å². The van der Waals surface area contributed by atoms with Crippen molar-refractivity contribution >= 4 is 5.97 Å². The Labute approximate surface area is 53.9 Å². The quantitative estimate of drug-likeness (QED) is 0.574. The van der Waals surface area contributed by atoms with E-state index in [-0.39, 0.29) is 5.41 Å². The second kappa shape index (κ2) is 1.31. The van der Waals surface area contributed by atoms with Gasteiger partial charge in [0, 0.05) is 0 Å². The molecule has 0 aromatic rings. The predicted molar refractivity (Wildman–Crippen MR) is 32.0 cm³/mol. The van der Waals surface area contributed by atoms with Gasteiger partial charge in [-0.25, -0.2) is 0 Å². The molecule has 0 saturated heterocycles. The van der Waals surface area contributed by atoms with E-state index >= 15 is 0 Å². The van der Waals surface area contributed by atoms with Crippen molar-refractivity contribution in [1.82, 2.24) is 0 Å². The fourth-order valence-electron chi connectivity index (χ4n) is 2.22. The summed E-state index contributed by atoms with van der Waals surface area (Å²) in [5, 5.41) is 8.71. The molecule has 3 aliphatic rings. The molecule has 0 aliphatic heterocycles. The zero-order valence-corrected chi connectivity index (χ0v) is 5.26. The first-order valence-corrected chi connectivity index (χ1v) is 3.46. The van der Waals surface area contributed by atoms with Crippen LogP contribution in [-0.2, 0) is 4.79 Å². The molecule has 0 heterocycles. The largest absolute Gasteiger partial charge is 0.481 e. The Morgan fingerprint density at radius 1 is 1.56 bits per heavy atom. The molecule has 3 aliphatic carbocycles. The van der Waals surface area contributed by atoms with E-state index < -0.39 is 5.97 Å². The van der Waals surface area contributed by atoms with Gasteiger partial charge in [-0.1, -0.05) is 0 Å². The van der Waals surface area contributed by atoms with Crippen LogP contribution in [0.3, 0.4) is 0 Å². The molecular weight excluding hydrogens is 116 g/mol. The molecule has 0 unspecified atom stereocenters. The van der Waals surface area contributed by atoms with Crippen LogP contribution in [-0.4, -0.2) is 11.1 Å². The van der Waals surface area contributed by atoms with Gasteiger partial charge in [-0.2, -0.15) is 0 Å². The van der Waals surface area contributed by atoms with E-state index in [0.29, 0.717) is 0 Å². The maximum absolute atomic E-state index is 10.6. The molecule has 2 nitrogen and oxygen atoms in total. The van der Waals surface area contributed by atoms with E-state index in [1.165, 1.54) is 0 Å². The van der Waals surface area contributed by atoms with Crippen molar-refractivity contribution in [3.8, 4) is 0 Å². The van der Waals surface area contributed by atoms with E-state index in [1.54, 1.807) is 0 Å². The highest BCUT2D eigenvalue weighted by molar-refractivity contribution is 5.76. The molecular formula is C7H10O2. The summed E-state index contributed by atoms with van der Waals surface area (Å²) in [6, 6.07) is 0. The smallest absolute Gasteiger partial charge is 0.309 e. The molecule has 0 aromatic carbocycles. The molecule has 2 bridgehead atoms. The Balaban J connectivity index is 2.19. The van der Waals surface area contributed by atoms with E-state index in [4.69, 9.17) is 5.11 Å². The minimum Gasteiger partial charge on any atom is -0.481 e. The Morgan fingerprint density at radius 3 is 2.44 bits per heavy atom. The first-order chi connectivity index (χ1) is 4.23. The van der Waals surface area contributed by atoms with Crippen LogP contribution in [0.1, 0.15) is 25.7 Å². The van der Waals surface area contributed by atoms with Crippen molar-refractivity contribution in [2.45, 2.75) is 25.7 Å². The van der Waals surface area contributed by atoms with E-state index in [2.05, 4.69) is 0 Å². The molecule has 3 fully saturated rings. The van der Waals surface area contributed by atoms with Gasteiger partial charge in [0.15, 0.2) is 0 Å². The highest BCUT2D eigenvalue weighted by Gasteiger charge is 2.55. The zero-order chi connectivity index (χ0) is 6.48. The lowest BCUT2D eigenvalue weighted by molar-refractivity contribution is -0.153. The standard InChI is InChI=1S/C7H10O2/c8-6(9)7-2-1-5(3-7)4-7/h5H,1-4H2,(H,8,9). The Kier molecular flexibility index (Phi) is 0.765. The fourth-order valence-corrected chi connectivity index (χ4v) is 2.22. The number of aliphatic carboxylic acids is 1. The van der Waals surface area contributed by atoms with Crippen molar-refractivity contribution in [3.05, 3.63) is 0 Å². The lowest BCUT2D eigenvalue weighted by atomic mass is 9.70. The average molecular weight is 126 g/mol. The van der Waals surface area contributed by atoms with Crippen LogP contribution in [0, 0.1) is 11.3 Å². The van der Waals surface area contributed by atoms with Gasteiger partial charge in [0.05, 0.1) is 5.41 Å². The van der Waals surface area contributed by atoms with Gasteiger partial charge >= 0.3 is 5.97 Å². The number of rotatable bonds is 1. The number of carboxylic acids is 1. The first-order valence-electron chi connectivity index (χ1n) is 3.46. The van der Waals surface area contributed by atoms with Crippen molar-refractivity contribution in [2.75, 3.05) is 0 Å². The average Bonchev–Trinajstić information content (AvgIpc) is 2.13. The van der Waals surface area contributed by atoms with Crippen molar-refractivity contribution in [2.24, 2.45) is 11.3 Å². The third kappa shape index (κ3) is 0.485. The van der Waals surface area contributed by atoms with Gasteiger partial charge in [-0.3, -0.25) is 4.79 Å². The van der Waals surface area contributed by atoms with E-state index in [0.717, 1.165) is 31.6 Å². The minimum absolute atomic E-state index is 0.245. The molecule has 0 atom stereocenters. The molecule has 0 aromatic heterocycles. The summed E-state index contributed by atoms with van der Waals surface area (Å²) >= 11 is 0. The van der Waals surface area contributed by atoms with Gasteiger partial charge in [0.25, 0.3) is 0 Å². The molecule has 0 radical (unpaired) electrons. The summed E-state index contributed by atoms with van der Waals surface area (Å²) in [4.78, 5) is 10.6. The van der Waals surface area contributed by atoms with Gasteiger partial charge in [-0.05, 0) is 31.6 Å². The van der Waals surface area contributed by atoms with Crippen LogP contribution in [0.15, 0.2) is 0 Å². The molecule has 9 heavy (non-hydrogen) atoms. The summed E-state index contributed by atoms with van der Waals surface area (Å²) in [5.41, 5.74) is -0.245. The topological polar surface area (TPSA) is 37.3 Å². The second-order valence-electron chi connectivity index (χ2n) is 3.40. The van der Waals surface area contributed by atoms with Crippen LogP contribution in [0.25, 0.3) is 0 Å². The normalized spacial score (nSPS) is 46.4. The third-order valence-corrected chi connectivity index (χ3v) is 2.84. The molecule has 1 N–H and O–H groups in total. The number of hydrogen-bond donors (Lipinski definition) is 1.